The van der Waals surface area contributed by atoms with Gasteiger partial charge in [0.25, 0.3) is 5.91 Å². The van der Waals surface area contributed by atoms with Crippen molar-refractivity contribution in [3.8, 4) is 5.75 Å². The SMILES string of the molecule is O=C(COc1ccc(F)cc1Br)NC[C@H](c1ccco1)N1CCCC1. The largest absolute Gasteiger partial charge is 0.483 e. The van der Waals surface area contributed by atoms with Gasteiger partial charge in [0.1, 0.15) is 17.3 Å². The fourth-order valence-corrected chi connectivity index (χ4v) is 3.41. The van der Waals surface area contributed by atoms with Crippen molar-refractivity contribution in [1.29, 1.82) is 0 Å². The first-order chi connectivity index (χ1) is 12.1. The molecule has 1 saturated heterocycles. The fourth-order valence-electron chi connectivity index (χ4n) is 2.94. The third-order valence-electron chi connectivity index (χ3n) is 4.20. The number of amides is 1. The van der Waals surface area contributed by atoms with Gasteiger partial charge < -0.3 is 14.5 Å². The molecule has 0 spiro atoms. The Morgan fingerprint density at radius 1 is 1.36 bits per heavy atom. The van der Waals surface area contributed by atoms with Crippen LogP contribution in [0, 0.1) is 5.82 Å². The number of likely N-dealkylation sites (tertiary alicyclic amines) is 1. The van der Waals surface area contributed by atoms with Crippen molar-refractivity contribution in [2.24, 2.45) is 0 Å². The average Bonchev–Trinajstić information content (AvgIpc) is 3.28. The normalized spacial score (nSPS) is 15.9. The molecule has 1 aromatic heterocycles. The first-order valence-electron chi connectivity index (χ1n) is 8.25. The number of nitrogens with one attached hydrogen (secondary N) is 1. The van der Waals surface area contributed by atoms with Gasteiger partial charge in [-0.25, -0.2) is 4.39 Å². The number of hydrogen-bond acceptors (Lipinski definition) is 4. The molecule has 0 bridgehead atoms. The predicted octanol–water partition coefficient (Wildman–Crippen LogP) is 3.51. The number of hydrogen-bond donors (Lipinski definition) is 1. The molecule has 5 nitrogen and oxygen atoms in total. The highest BCUT2D eigenvalue weighted by atomic mass is 79.9. The number of carbonyl (C=O) groups is 1. The molecule has 7 heteroatoms. The maximum Gasteiger partial charge on any atom is 0.258 e. The standard InChI is InChI=1S/C18H20BrFN2O3/c19-14-10-13(20)5-6-16(14)25-12-18(23)21-11-15(17-4-3-9-24-17)22-7-1-2-8-22/h3-6,9-10,15H,1-2,7-8,11-12H2,(H,21,23)/t15-/m1/s1. The second-order valence-corrected chi connectivity index (χ2v) is 6.80. The van der Waals surface area contributed by atoms with Crippen LogP contribution in [0.3, 0.4) is 0 Å². The Bertz CT molecular complexity index is 702. The van der Waals surface area contributed by atoms with Crippen LogP contribution in [0.1, 0.15) is 24.6 Å². The zero-order valence-electron chi connectivity index (χ0n) is 13.7. The van der Waals surface area contributed by atoms with E-state index in [4.69, 9.17) is 9.15 Å². The zero-order valence-corrected chi connectivity index (χ0v) is 15.3. The molecule has 0 radical (unpaired) electrons. The number of ether oxygens (including phenoxy) is 1. The van der Waals surface area contributed by atoms with E-state index in [0.29, 0.717) is 16.8 Å². The third kappa shape index (κ3) is 4.83. The maximum absolute atomic E-state index is 13.1. The molecule has 3 rings (SSSR count). The van der Waals surface area contributed by atoms with Crippen LogP contribution in [0.2, 0.25) is 0 Å². The molecule has 1 atom stereocenters. The van der Waals surface area contributed by atoms with Crippen LogP contribution in [-0.4, -0.2) is 37.0 Å². The Labute approximate surface area is 154 Å². The van der Waals surface area contributed by atoms with Crippen LogP contribution in [-0.2, 0) is 4.79 Å². The number of carbonyl (C=O) groups excluding carboxylic acids is 1. The summed E-state index contributed by atoms with van der Waals surface area (Å²) in [6, 6.07) is 7.89. The van der Waals surface area contributed by atoms with E-state index in [0.717, 1.165) is 31.7 Å². The Balaban J connectivity index is 1.53. The number of halogens is 2. The second-order valence-electron chi connectivity index (χ2n) is 5.94. The van der Waals surface area contributed by atoms with Gasteiger partial charge in [-0.2, -0.15) is 0 Å². The summed E-state index contributed by atoms with van der Waals surface area (Å²) < 4.78 is 24.5. The van der Waals surface area contributed by atoms with Crippen molar-refractivity contribution in [3.63, 3.8) is 0 Å². The van der Waals surface area contributed by atoms with Crippen LogP contribution in [0.25, 0.3) is 0 Å². The molecular formula is C18H20BrFN2O3. The molecule has 1 aromatic carbocycles. The highest BCUT2D eigenvalue weighted by Crippen LogP contribution is 2.26. The van der Waals surface area contributed by atoms with Gasteiger partial charge in [-0.05, 0) is 72.2 Å². The van der Waals surface area contributed by atoms with E-state index < -0.39 is 0 Å². The van der Waals surface area contributed by atoms with Crippen LogP contribution in [0.4, 0.5) is 4.39 Å². The summed E-state index contributed by atoms with van der Waals surface area (Å²) in [4.78, 5) is 14.4. The van der Waals surface area contributed by atoms with Gasteiger partial charge in [-0.15, -0.1) is 0 Å². The van der Waals surface area contributed by atoms with Crippen molar-refractivity contribution < 1.29 is 18.3 Å². The molecule has 1 N–H and O–H groups in total. The van der Waals surface area contributed by atoms with Gasteiger partial charge in [0.15, 0.2) is 6.61 Å². The predicted molar refractivity (Wildman–Crippen MR) is 94.9 cm³/mol. The minimum atomic E-state index is -0.365. The van der Waals surface area contributed by atoms with Gasteiger partial charge in [0.2, 0.25) is 0 Å². The molecule has 1 amide bonds. The molecule has 0 saturated carbocycles. The number of nitrogens with zero attached hydrogens (tertiary/aromatic N) is 1. The second kappa shape index (κ2) is 8.49. The van der Waals surface area contributed by atoms with Gasteiger partial charge in [0, 0.05) is 6.54 Å². The summed E-state index contributed by atoms with van der Waals surface area (Å²) in [5.41, 5.74) is 0. The third-order valence-corrected chi connectivity index (χ3v) is 4.82. The summed E-state index contributed by atoms with van der Waals surface area (Å²) in [7, 11) is 0. The molecule has 2 aromatic rings. The van der Waals surface area contributed by atoms with E-state index in [1.54, 1.807) is 6.26 Å². The van der Waals surface area contributed by atoms with Crippen molar-refractivity contribution in [3.05, 3.63) is 52.6 Å². The van der Waals surface area contributed by atoms with E-state index in [-0.39, 0.29) is 24.4 Å². The number of benzene rings is 1. The van der Waals surface area contributed by atoms with Crippen molar-refractivity contribution in [2.45, 2.75) is 18.9 Å². The van der Waals surface area contributed by atoms with Crippen molar-refractivity contribution >= 4 is 21.8 Å². The number of rotatable bonds is 7. The van der Waals surface area contributed by atoms with Gasteiger partial charge in [0.05, 0.1) is 16.8 Å². The Hall–Kier alpha value is -1.86. The molecule has 1 aliphatic heterocycles. The first-order valence-corrected chi connectivity index (χ1v) is 9.05. The first kappa shape index (κ1) is 17.9. The van der Waals surface area contributed by atoms with Crippen LogP contribution < -0.4 is 10.1 Å². The highest BCUT2D eigenvalue weighted by molar-refractivity contribution is 9.10. The lowest BCUT2D eigenvalue weighted by atomic mass is 10.2. The van der Waals surface area contributed by atoms with Gasteiger partial charge in [-0.3, -0.25) is 9.69 Å². The van der Waals surface area contributed by atoms with E-state index in [1.807, 2.05) is 12.1 Å². The molecule has 0 aliphatic carbocycles. The van der Waals surface area contributed by atoms with Gasteiger partial charge in [-0.1, -0.05) is 0 Å². The summed E-state index contributed by atoms with van der Waals surface area (Å²) in [5, 5.41) is 2.89. The highest BCUT2D eigenvalue weighted by Gasteiger charge is 2.25. The lowest BCUT2D eigenvalue weighted by molar-refractivity contribution is -0.123. The summed E-state index contributed by atoms with van der Waals surface area (Å²) >= 11 is 3.21. The maximum atomic E-state index is 13.1. The monoisotopic (exact) mass is 410 g/mol. The van der Waals surface area contributed by atoms with Crippen LogP contribution in [0.15, 0.2) is 45.5 Å². The minimum absolute atomic E-state index is 0.0269. The summed E-state index contributed by atoms with van der Waals surface area (Å²) in [6.45, 7) is 2.33. The van der Waals surface area contributed by atoms with E-state index >= 15 is 0 Å². The Morgan fingerprint density at radius 3 is 2.84 bits per heavy atom. The fraction of sp³-hybridized carbons (Fsp3) is 0.389. The molecule has 1 fully saturated rings. The summed E-state index contributed by atoms with van der Waals surface area (Å²) in [5.74, 6) is 0.686. The summed E-state index contributed by atoms with van der Waals surface area (Å²) in [6.07, 6.45) is 3.97. The number of furan rings is 1. The lowest BCUT2D eigenvalue weighted by Gasteiger charge is -2.26. The zero-order chi connectivity index (χ0) is 17.6. The quantitative estimate of drug-likeness (QED) is 0.758. The van der Waals surface area contributed by atoms with Gasteiger partial charge >= 0.3 is 0 Å². The lowest BCUT2D eigenvalue weighted by Crippen LogP contribution is -2.38. The molecular weight excluding hydrogens is 391 g/mol. The van der Waals surface area contributed by atoms with E-state index in [9.17, 15) is 9.18 Å². The Kier molecular flexibility index (Phi) is 6.09. The Morgan fingerprint density at radius 2 is 2.16 bits per heavy atom. The van der Waals surface area contributed by atoms with Crippen LogP contribution in [0.5, 0.6) is 5.75 Å². The van der Waals surface area contributed by atoms with Crippen molar-refractivity contribution in [2.75, 3.05) is 26.2 Å². The molecule has 25 heavy (non-hydrogen) atoms. The molecule has 0 unspecified atom stereocenters. The molecule has 134 valence electrons. The molecule has 1 aliphatic rings. The van der Waals surface area contributed by atoms with Crippen molar-refractivity contribution in [1.82, 2.24) is 10.2 Å². The smallest absolute Gasteiger partial charge is 0.258 e. The van der Waals surface area contributed by atoms with E-state index in [2.05, 4.69) is 26.1 Å². The average molecular weight is 411 g/mol. The molecule has 2 heterocycles. The van der Waals surface area contributed by atoms with Crippen LogP contribution >= 0.6 is 15.9 Å². The minimum Gasteiger partial charge on any atom is -0.483 e. The topological polar surface area (TPSA) is 54.7 Å². The van der Waals surface area contributed by atoms with E-state index in [1.165, 1.54) is 18.2 Å².